The number of carbonyl (C=O) groups excluding carboxylic acids is 2. The summed E-state index contributed by atoms with van der Waals surface area (Å²) in [6, 6.07) is 4.37. The van der Waals surface area contributed by atoms with Crippen LogP contribution in [0.2, 0.25) is 0 Å². The van der Waals surface area contributed by atoms with Gasteiger partial charge in [0.25, 0.3) is 5.69 Å². The van der Waals surface area contributed by atoms with Gasteiger partial charge in [0.2, 0.25) is 0 Å². The Bertz CT molecular complexity index is 658. The van der Waals surface area contributed by atoms with Crippen molar-refractivity contribution >= 4 is 28.5 Å². The van der Waals surface area contributed by atoms with Gasteiger partial charge in [0.05, 0.1) is 21.4 Å². The fourth-order valence-corrected chi connectivity index (χ4v) is 1.66. The number of aromatic amines is 1. The molecule has 7 nitrogen and oxygen atoms in total. The second-order valence-corrected chi connectivity index (χ2v) is 3.54. The molecule has 0 saturated carbocycles. The lowest BCUT2D eigenvalue weighted by Crippen LogP contribution is -2.09. The van der Waals surface area contributed by atoms with E-state index in [9.17, 15) is 19.7 Å². The fraction of sp³-hybridized carbons (Fsp3) is 0.0909. The van der Waals surface area contributed by atoms with Crippen LogP contribution in [0.25, 0.3) is 10.9 Å². The van der Waals surface area contributed by atoms with Gasteiger partial charge < -0.3 is 9.72 Å². The van der Waals surface area contributed by atoms with Gasteiger partial charge in [0.1, 0.15) is 0 Å². The van der Waals surface area contributed by atoms with E-state index >= 15 is 0 Å². The monoisotopic (exact) mass is 248 g/mol. The molecule has 2 rings (SSSR count). The molecular weight excluding hydrogens is 240 g/mol. The molecule has 92 valence electrons. The van der Waals surface area contributed by atoms with Gasteiger partial charge in [-0.05, 0) is 6.07 Å². The zero-order chi connectivity index (χ0) is 13.3. The number of fused-ring (bicyclic) bond motifs is 1. The summed E-state index contributed by atoms with van der Waals surface area (Å²) in [7, 11) is 0. The molecule has 0 fully saturated rings. The van der Waals surface area contributed by atoms with Crippen molar-refractivity contribution < 1.29 is 19.2 Å². The standard InChI is InChI=1S/C11H8N2O5/c1-6(14)18-11(15)7-5-12-8-3-2-4-9(10(7)8)13(16)17/h2-5,12H,1H3. The molecule has 0 aliphatic heterocycles. The molecule has 1 N–H and O–H groups in total. The number of esters is 2. The molecule has 7 heteroatoms. The van der Waals surface area contributed by atoms with Crippen molar-refractivity contribution in [3.8, 4) is 0 Å². The molecule has 0 saturated heterocycles. The lowest BCUT2D eigenvalue weighted by Gasteiger charge is -1.99. The molecule has 0 aliphatic rings. The first kappa shape index (κ1) is 11.8. The third-order valence-corrected chi connectivity index (χ3v) is 2.34. The second-order valence-electron chi connectivity index (χ2n) is 3.54. The summed E-state index contributed by atoms with van der Waals surface area (Å²) in [5.74, 6) is -1.68. The van der Waals surface area contributed by atoms with Gasteiger partial charge in [-0.25, -0.2) is 4.79 Å². The highest BCUT2D eigenvalue weighted by Gasteiger charge is 2.22. The van der Waals surface area contributed by atoms with Crippen LogP contribution in [0.3, 0.4) is 0 Å². The van der Waals surface area contributed by atoms with E-state index < -0.39 is 16.9 Å². The van der Waals surface area contributed by atoms with Crippen molar-refractivity contribution in [3.05, 3.63) is 40.1 Å². The van der Waals surface area contributed by atoms with Gasteiger partial charge in [0, 0.05) is 19.2 Å². The Kier molecular flexibility index (Phi) is 2.80. The number of aromatic nitrogens is 1. The molecule has 1 heterocycles. The van der Waals surface area contributed by atoms with E-state index in [-0.39, 0.29) is 16.6 Å². The molecule has 0 radical (unpaired) electrons. The summed E-state index contributed by atoms with van der Waals surface area (Å²) >= 11 is 0. The van der Waals surface area contributed by atoms with Crippen molar-refractivity contribution in [2.75, 3.05) is 0 Å². The summed E-state index contributed by atoms with van der Waals surface area (Å²) < 4.78 is 4.42. The number of nitrogens with one attached hydrogen (secondary N) is 1. The van der Waals surface area contributed by atoms with Crippen molar-refractivity contribution in [3.63, 3.8) is 0 Å². The van der Waals surface area contributed by atoms with Crippen LogP contribution in [0.5, 0.6) is 0 Å². The minimum absolute atomic E-state index is 0.0347. The van der Waals surface area contributed by atoms with E-state index in [1.807, 2.05) is 0 Å². The molecule has 0 atom stereocenters. The highest BCUT2D eigenvalue weighted by atomic mass is 16.6. The summed E-state index contributed by atoms with van der Waals surface area (Å²) in [6.45, 7) is 1.08. The molecule has 1 aromatic carbocycles. The first-order chi connectivity index (χ1) is 8.50. The summed E-state index contributed by atoms with van der Waals surface area (Å²) in [4.78, 5) is 35.3. The Hall–Kier alpha value is -2.70. The quantitative estimate of drug-likeness (QED) is 0.377. The number of hydrogen-bond donors (Lipinski definition) is 1. The molecule has 0 bridgehead atoms. The Balaban J connectivity index is 2.62. The average Bonchev–Trinajstić information content (AvgIpc) is 2.70. The van der Waals surface area contributed by atoms with Gasteiger partial charge in [-0.15, -0.1) is 0 Å². The molecule has 2 aromatic rings. The maximum absolute atomic E-state index is 11.6. The highest BCUT2D eigenvalue weighted by Crippen LogP contribution is 2.28. The van der Waals surface area contributed by atoms with Crippen LogP contribution in [-0.4, -0.2) is 21.8 Å². The number of benzene rings is 1. The van der Waals surface area contributed by atoms with E-state index in [1.54, 1.807) is 6.07 Å². The topological polar surface area (TPSA) is 102 Å². The van der Waals surface area contributed by atoms with Crippen LogP contribution in [0, 0.1) is 10.1 Å². The number of carbonyl (C=O) groups is 2. The van der Waals surface area contributed by atoms with E-state index in [2.05, 4.69) is 9.72 Å². The first-order valence-electron chi connectivity index (χ1n) is 4.98. The predicted molar refractivity (Wildman–Crippen MR) is 61.0 cm³/mol. The summed E-state index contributed by atoms with van der Waals surface area (Å²) in [5, 5.41) is 11.0. The van der Waals surface area contributed by atoms with E-state index in [1.165, 1.54) is 18.3 Å². The van der Waals surface area contributed by atoms with Crippen LogP contribution in [0.1, 0.15) is 17.3 Å². The van der Waals surface area contributed by atoms with Crippen LogP contribution >= 0.6 is 0 Å². The van der Waals surface area contributed by atoms with Gasteiger partial charge >= 0.3 is 11.9 Å². The second kappa shape index (κ2) is 4.28. The minimum atomic E-state index is -0.914. The Morgan fingerprint density at radius 3 is 2.72 bits per heavy atom. The average molecular weight is 248 g/mol. The van der Waals surface area contributed by atoms with Gasteiger partial charge in [0.15, 0.2) is 0 Å². The number of nitro groups is 1. The van der Waals surface area contributed by atoms with Crippen LogP contribution in [-0.2, 0) is 9.53 Å². The van der Waals surface area contributed by atoms with Crippen LogP contribution < -0.4 is 0 Å². The van der Waals surface area contributed by atoms with Crippen LogP contribution in [0.4, 0.5) is 5.69 Å². The number of nitro benzene ring substituents is 1. The third-order valence-electron chi connectivity index (χ3n) is 2.34. The van der Waals surface area contributed by atoms with Crippen molar-refractivity contribution in [1.82, 2.24) is 4.98 Å². The molecule has 18 heavy (non-hydrogen) atoms. The van der Waals surface area contributed by atoms with Crippen molar-refractivity contribution in [2.24, 2.45) is 0 Å². The fourth-order valence-electron chi connectivity index (χ4n) is 1.66. The summed E-state index contributed by atoms with van der Waals surface area (Å²) in [6.07, 6.45) is 1.28. The van der Waals surface area contributed by atoms with Gasteiger partial charge in [-0.1, -0.05) is 6.07 Å². The molecule has 0 amide bonds. The maximum Gasteiger partial charge on any atom is 0.348 e. The minimum Gasteiger partial charge on any atom is -0.390 e. The number of nitrogens with zero attached hydrogens (tertiary/aromatic N) is 1. The highest BCUT2D eigenvalue weighted by molar-refractivity contribution is 6.10. The SMILES string of the molecule is CC(=O)OC(=O)c1c[nH]c2cccc([N+](=O)[O-])c12. The van der Waals surface area contributed by atoms with Crippen LogP contribution in [0.15, 0.2) is 24.4 Å². The largest absolute Gasteiger partial charge is 0.390 e. The van der Waals surface area contributed by atoms with Gasteiger partial charge in [-0.3, -0.25) is 14.9 Å². The van der Waals surface area contributed by atoms with E-state index in [0.29, 0.717) is 5.52 Å². The molecule has 0 unspecified atom stereocenters. The number of H-pyrrole nitrogens is 1. The maximum atomic E-state index is 11.6. The summed E-state index contributed by atoms with van der Waals surface area (Å²) in [5.41, 5.74) is 0.177. The lowest BCUT2D eigenvalue weighted by atomic mass is 10.1. The zero-order valence-electron chi connectivity index (χ0n) is 9.30. The number of rotatable bonds is 2. The smallest absolute Gasteiger partial charge is 0.348 e. The Morgan fingerprint density at radius 2 is 2.11 bits per heavy atom. The Morgan fingerprint density at radius 1 is 1.39 bits per heavy atom. The molecule has 1 aromatic heterocycles. The zero-order valence-corrected chi connectivity index (χ0v) is 9.30. The normalized spacial score (nSPS) is 10.3. The first-order valence-corrected chi connectivity index (χ1v) is 4.98. The number of hydrogen-bond acceptors (Lipinski definition) is 5. The van der Waals surface area contributed by atoms with E-state index in [0.717, 1.165) is 6.92 Å². The number of non-ortho nitro benzene ring substituents is 1. The molecular formula is C11H8N2O5. The third kappa shape index (κ3) is 1.93. The lowest BCUT2D eigenvalue weighted by molar-refractivity contribution is -0.383. The molecule has 0 aliphatic carbocycles. The number of ether oxygens (including phenoxy) is 1. The van der Waals surface area contributed by atoms with Crippen molar-refractivity contribution in [1.29, 1.82) is 0 Å². The Labute approximate surface area is 101 Å². The van der Waals surface area contributed by atoms with Gasteiger partial charge in [-0.2, -0.15) is 0 Å². The molecule has 0 spiro atoms. The van der Waals surface area contributed by atoms with Crippen molar-refractivity contribution in [2.45, 2.75) is 6.92 Å². The predicted octanol–water partition coefficient (Wildman–Crippen LogP) is 1.78. The van der Waals surface area contributed by atoms with E-state index in [4.69, 9.17) is 0 Å².